The lowest BCUT2D eigenvalue weighted by Crippen LogP contribution is -2.29. The molecule has 5 rings (SSSR count). The van der Waals surface area contributed by atoms with Crippen LogP contribution < -0.4 is 9.64 Å². The minimum Gasteiger partial charge on any atom is -0.507 e. The second-order valence-corrected chi connectivity index (χ2v) is 9.41. The Balaban J connectivity index is 1.76. The monoisotopic (exact) mass is 480 g/mol. The van der Waals surface area contributed by atoms with E-state index in [1.54, 1.807) is 19.2 Å². The minimum atomic E-state index is -0.798. The van der Waals surface area contributed by atoms with Gasteiger partial charge in [-0.1, -0.05) is 49.7 Å². The molecule has 6 nitrogen and oxygen atoms in total. The van der Waals surface area contributed by atoms with E-state index in [4.69, 9.17) is 4.74 Å². The molecule has 1 aliphatic heterocycles. The zero-order valence-electron chi connectivity index (χ0n) is 20.7. The Hall–Kier alpha value is -4.32. The van der Waals surface area contributed by atoms with E-state index >= 15 is 0 Å². The predicted molar refractivity (Wildman–Crippen MR) is 141 cm³/mol. The number of ether oxygens (including phenoxy) is 1. The maximum Gasteiger partial charge on any atom is 0.300 e. The average Bonchev–Trinajstić information content (AvgIpc) is 3.42. The molecule has 4 aromatic rings. The Morgan fingerprint density at radius 3 is 2.44 bits per heavy atom. The number of methoxy groups -OCH3 is 1. The molecule has 182 valence electrons. The zero-order chi connectivity index (χ0) is 25.6. The summed E-state index contributed by atoms with van der Waals surface area (Å²) in [6.45, 7) is 6.03. The molecule has 1 aromatic heterocycles. The van der Waals surface area contributed by atoms with Crippen LogP contribution in [0.15, 0.2) is 78.5 Å². The molecule has 1 aliphatic rings. The number of para-hydroxylation sites is 1. The number of benzene rings is 3. The number of ketones is 1. The molecule has 1 atom stereocenters. The van der Waals surface area contributed by atoms with Gasteiger partial charge in [0.15, 0.2) is 0 Å². The average molecular weight is 481 g/mol. The van der Waals surface area contributed by atoms with E-state index in [1.807, 2.05) is 81.6 Å². The van der Waals surface area contributed by atoms with Crippen molar-refractivity contribution in [1.82, 2.24) is 4.98 Å². The fraction of sp³-hybridized carbons (Fsp3) is 0.200. The SMILES string of the molecule is COc1ccc(/C(O)=C2\C(=O)C(=O)N(c3ccc(C)cc3)C2c2c[nH]c3ccccc23)cc1C(C)C. The summed E-state index contributed by atoms with van der Waals surface area (Å²) < 4.78 is 5.49. The molecule has 1 fully saturated rings. The highest BCUT2D eigenvalue weighted by molar-refractivity contribution is 6.51. The fourth-order valence-corrected chi connectivity index (χ4v) is 4.91. The first-order valence-electron chi connectivity index (χ1n) is 11.9. The molecule has 0 bridgehead atoms. The molecule has 0 spiro atoms. The Kier molecular flexibility index (Phi) is 5.88. The van der Waals surface area contributed by atoms with Crippen LogP contribution in [0.1, 0.15) is 48.1 Å². The van der Waals surface area contributed by atoms with Crippen LogP contribution in [0.2, 0.25) is 0 Å². The summed E-state index contributed by atoms with van der Waals surface area (Å²) in [4.78, 5) is 31.7. The van der Waals surface area contributed by atoms with E-state index in [0.717, 1.165) is 27.6 Å². The van der Waals surface area contributed by atoms with E-state index in [1.165, 1.54) is 4.90 Å². The highest BCUT2D eigenvalue weighted by Gasteiger charge is 2.47. The number of aromatic nitrogens is 1. The van der Waals surface area contributed by atoms with Crippen molar-refractivity contribution >= 4 is 34.0 Å². The van der Waals surface area contributed by atoms with Crippen molar-refractivity contribution in [3.8, 4) is 5.75 Å². The van der Waals surface area contributed by atoms with Gasteiger partial charge >= 0.3 is 0 Å². The summed E-state index contributed by atoms with van der Waals surface area (Å²) in [5.74, 6) is -0.761. The van der Waals surface area contributed by atoms with Crippen molar-refractivity contribution in [3.05, 3.63) is 101 Å². The number of hydrogen-bond acceptors (Lipinski definition) is 4. The molecule has 3 aromatic carbocycles. The van der Waals surface area contributed by atoms with Crippen LogP contribution >= 0.6 is 0 Å². The second kappa shape index (κ2) is 9.04. The van der Waals surface area contributed by atoms with Crippen LogP contribution in [0.25, 0.3) is 16.7 Å². The Bertz CT molecular complexity index is 1510. The first-order chi connectivity index (χ1) is 17.3. The van der Waals surface area contributed by atoms with Crippen LogP contribution in [0.4, 0.5) is 5.69 Å². The molecule has 1 unspecified atom stereocenters. The standard InChI is InChI=1S/C30H28N2O4/c1-17(2)22-15-19(11-14-25(22)36-4)28(33)26-27(23-16-31-24-8-6-5-7-21(23)24)32(30(35)29(26)34)20-12-9-18(3)10-13-20/h5-17,27,31,33H,1-4H3/b28-26+. The number of anilines is 1. The Labute approximate surface area is 209 Å². The van der Waals surface area contributed by atoms with Crippen molar-refractivity contribution < 1.29 is 19.4 Å². The van der Waals surface area contributed by atoms with Gasteiger partial charge in [0, 0.05) is 33.9 Å². The molecule has 0 saturated carbocycles. The van der Waals surface area contributed by atoms with E-state index in [-0.39, 0.29) is 17.3 Å². The molecule has 1 saturated heterocycles. The number of amides is 1. The zero-order valence-corrected chi connectivity index (χ0v) is 20.7. The van der Waals surface area contributed by atoms with Gasteiger partial charge in [0.2, 0.25) is 0 Å². The number of hydrogen-bond donors (Lipinski definition) is 2. The van der Waals surface area contributed by atoms with Crippen molar-refractivity contribution in [2.24, 2.45) is 0 Å². The topological polar surface area (TPSA) is 82.6 Å². The second-order valence-electron chi connectivity index (χ2n) is 9.41. The summed E-state index contributed by atoms with van der Waals surface area (Å²) in [5.41, 5.74) is 4.68. The fourth-order valence-electron chi connectivity index (χ4n) is 4.91. The van der Waals surface area contributed by atoms with Crippen LogP contribution in [0.3, 0.4) is 0 Å². The van der Waals surface area contributed by atoms with Crippen molar-refractivity contribution in [1.29, 1.82) is 0 Å². The van der Waals surface area contributed by atoms with Gasteiger partial charge < -0.3 is 14.8 Å². The van der Waals surface area contributed by atoms with Crippen LogP contribution in [0.5, 0.6) is 5.75 Å². The van der Waals surface area contributed by atoms with Crippen LogP contribution in [-0.2, 0) is 9.59 Å². The van der Waals surface area contributed by atoms with E-state index in [9.17, 15) is 14.7 Å². The van der Waals surface area contributed by atoms with Gasteiger partial charge in [0.25, 0.3) is 11.7 Å². The number of aliphatic hydroxyl groups excluding tert-OH is 1. The summed E-state index contributed by atoms with van der Waals surface area (Å²) in [5, 5.41) is 12.4. The lowest BCUT2D eigenvalue weighted by Gasteiger charge is -2.25. The molecule has 0 radical (unpaired) electrons. The highest BCUT2D eigenvalue weighted by atomic mass is 16.5. The lowest BCUT2D eigenvalue weighted by atomic mass is 9.93. The molecule has 0 aliphatic carbocycles. The Morgan fingerprint density at radius 2 is 1.75 bits per heavy atom. The molecule has 1 amide bonds. The third-order valence-corrected chi connectivity index (χ3v) is 6.80. The van der Waals surface area contributed by atoms with Gasteiger partial charge in [-0.2, -0.15) is 0 Å². The van der Waals surface area contributed by atoms with Crippen molar-refractivity contribution in [2.45, 2.75) is 32.7 Å². The first-order valence-corrected chi connectivity index (χ1v) is 11.9. The number of Topliss-reactive ketones (excluding diaryl/α,β-unsaturated/α-hetero) is 1. The van der Waals surface area contributed by atoms with Crippen LogP contribution in [-0.4, -0.2) is 28.9 Å². The van der Waals surface area contributed by atoms with Crippen LogP contribution in [0, 0.1) is 6.92 Å². The highest BCUT2D eigenvalue weighted by Crippen LogP contribution is 2.44. The van der Waals surface area contributed by atoms with Gasteiger partial charge in [-0.3, -0.25) is 14.5 Å². The maximum absolute atomic E-state index is 13.5. The number of carbonyl (C=O) groups excluding carboxylic acids is 2. The van der Waals surface area contributed by atoms with Gasteiger partial charge in [0.1, 0.15) is 11.5 Å². The van der Waals surface area contributed by atoms with Crippen molar-refractivity contribution in [2.75, 3.05) is 12.0 Å². The molecular formula is C30H28N2O4. The van der Waals surface area contributed by atoms with Gasteiger partial charge in [-0.25, -0.2) is 0 Å². The lowest BCUT2D eigenvalue weighted by molar-refractivity contribution is -0.132. The number of aryl methyl sites for hydroxylation is 1. The number of aromatic amines is 1. The number of H-pyrrole nitrogens is 1. The normalized spacial score (nSPS) is 17.4. The summed E-state index contributed by atoms with van der Waals surface area (Å²) in [6.07, 6.45) is 1.81. The number of nitrogens with one attached hydrogen (secondary N) is 1. The summed E-state index contributed by atoms with van der Waals surface area (Å²) >= 11 is 0. The minimum absolute atomic E-state index is 0.0604. The molecule has 2 heterocycles. The Morgan fingerprint density at radius 1 is 1.03 bits per heavy atom. The number of fused-ring (bicyclic) bond motifs is 1. The third-order valence-electron chi connectivity index (χ3n) is 6.80. The molecule has 36 heavy (non-hydrogen) atoms. The van der Waals surface area contributed by atoms with E-state index < -0.39 is 17.7 Å². The smallest absolute Gasteiger partial charge is 0.300 e. The van der Waals surface area contributed by atoms with Crippen molar-refractivity contribution in [3.63, 3.8) is 0 Å². The molecular weight excluding hydrogens is 452 g/mol. The molecule has 2 N–H and O–H groups in total. The van der Waals surface area contributed by atoms with E-state index in [2.05, 4.69) is 4.98 Å². The first kappa shape index (κ1) is 23.4. The molecule has 6 heteroatoms. The quantitative estimate of drug-likeness (QED) is 0.201. The summed E-state index contributed by atoms with van der Waals surface area (Å²) in [7, 11) is 1.60. The van der Waals surface area contributed by atoms with Gasteiger partial charge in [-0.05, 0) is 54.8 Å². The third kappa shape index (κ3) is 3.75. The summed E-state index contributed by atoms with van der Waals surface area (Å²) in [6, 6.07) is 19.7. The largest absolute Gasteiger partial charge is 0.507 e. The predicted octanol–water partition coefficient (Wildman–Crippen LogP) is 6.23. The maximum atomic E-state index is 13.5. The van der Waals surface area contributed by atoms with Gasteiger partial charge in [0.05, 0.1) is 18.7 Å². The number of nitrogens with zero attached hydrogens (tertiary/aromatic N) is 1. The van der Waals surface area contributed by atoms with Gasteiger partial charge in [-0.15, -0.1) is 0 Å². The number of carbonyl (C=O) groups is 2. The number of aliphatic hydroxyl groups is 1. The van der Waals surface area contributed by atoms with E-state index in [0.29, 0.717) is 17.0 Å². The number of rotatable bonds is 5.